The third-order valence-electron chi connectivity index (χ3n) is 5.17. The van der Waals surface area contributed by atoms with Crippen molar-refractivity contribution in [1.82, 2.24) is 5.32 Å². The van der Waals surface area contributed by atoms with Crippen molar-refractivity contribution >= 4 is 17.5 Å². The van der Waals surface area contributed by atoms with Crippen molar-refractivity contribution in [2.24, 2.45) is 0 Å². The summed E-state index contributed by atoms with van der Waals surface area (Å²) in [6, 6.07) is 4.20. The van der Waals surface area contributed by atoms with Gasteiger partial charge in [0, 0.05) is 17.6 Å². The minimum Gasteiger partial charge on any atom is -0.347 e. The van der Waals surface area contributed by atoms with E-state index in [4.69, 9.17) is 0 Å². The van der Waals surface area contributed by atoms with Gasteiger partial charge in [-0.2, -0.15) is 0 Å². The molecule has 0 bridgehead atoms. The van der Waals surface area contributed by atoms with Crippen molar-refractivity contribution in [2.75, 3.05) is 44.6 Å². The van der Waals surface area contributed by atoms with Crippen LogP contribution in [0.2, 0.25) is 0 Å². The Kier molecular flexibility index (Phi) is 7.61. The zero-order chi connectivity index (χ0) is 20.9. The predicted molar refractivity (Wildman–Crippen MR) is 113 cm³/mol. The van der Waals surface area contributed by atoms with Gasteiger partial charge in [0.1, 0.15) is 13.1 Å². The van der Waals surface area contributed by atoms with Crippen LogP contribution in [0.15, 0.2) is 12.1 Å². The van der Waals surface area contributed by atoms with Crippen LogP contribution < -0.4 is 20.4 Å². The molecule has 0 radical (unpaired) electrons. The van der Waals surface area contributed by atoms with Crippen LogP contribution in [0.5, 0.6) is 0 Å². The van der Waals surface area contributed by atoms with Gasteiger partial charge in [0.2, 0.25) is 0 Å². The lowest BCUT2D eigenvalue weighted by Gasteiger charge is -2.22. The van der Waals surface area contributed by atoms with Gasteiger partial charge >= 0.3 is 0 Å². The number of benzene rings is 1. The number of quaternary nitrogens is 2. The fourth-order valence-corrected chi connectivity index (χ4v) is 4.02. The van der Waals surface area contributed by atoms with Crippen LogP contribution >= 0.6 is 0 Å². The molecular formula is C22H38N4O2+2. The zero-order valence-corrected chi connectivity index (χ0v) is 18.4. The molecule has 0 aromatic heterocycles. The third-order valence-corrected chi connectivity index (χ3v) is 5.17. The molecule has 1 saturated heterocycles. The Balaban J connectivity index is 1.84. The zero-order valence-electron chi connectivity index (χ0n) is 18.4. The lowest BCUT2D eigenvalue weighted by molar-refractivity contribution is -0.930. The van der Waals surface area contributed by atoms with Crippen LogP contribution in [0.3, 0.4) is 0 Å². The summed E-state index contributed by atoms with van der Waals surface area (Å²) in [7, 11) is 0. The number of hydrogen-bond donors (Lipinski definition) is 4. The highest BCUT2D eigenvalue weighted by atomic mass is 16.2. The second kappa shape index (κ2) is 9.52. The molecule has 1 aromatic carbocycles. The van der Waals surface area contributed by atoms with E-state index < -0.39 is 0 Å². The first-order valence-electron chi connectivity index (χ1n) is 10.4. The topological polar surface area (TPSA) is 67.1 Å². The second-order valence-corrected chi connectivity index (χ2v) is 9.33. The Hall–Kier alpha value is -1.92. The number of carbonyl (C=O) groups is 2. The van der Waals surface area contributed by atoms with Crippen molar-refractivity contribution < 1.29 is 19.4 Å². The van der Waals surface area contributed by atoms with Crippen LogP contribution in [0.25, 0.3) is 0 Å². The van der Waals surface area contributed by atoms with Gasteiger partial charge in [-0.3, -0.25) is 9.59 Å². The van der Waals surface area contributed by atoms with E-state index in [1.807, 2.05) is 34.6 Å². The number of carbonyl (C=O) groups excluding carboxylic acids is 2. The minimum absolute atomic E-state index is 0.0685. The highest BCUT2D eigenvalue weighted by molar-refractivity contribution is 5.93. The number of amides is 2. The van der Waals surface area contributed by atoms with Gasteiger partial charge in [0.05, 0.1) is 13.1 Å². The molecule has 2 amide bonds. The van der Waals surface area contributed by atoms with Crippen molar-refractivity contribution in [2.45, 2.75) is 53.5 Å². The Morgan fingerprint density at radius 2 is 1.39 bits per heavy atom. The Bertz CT molecular complexity index is 686. The summed E-state index contributed by atoms with van der Waals surface area (Å²) in [5, 5.41) is 6.15. The SMILES string of the molecule is Cc1cc(C)c(NC(=O)C[NH+]2CCC[NH+](CC(=O)NC(C)(C)C)CC2)c(C)c1. The van der Waals surface area contributed by atoms with Crippen LogP contribution in [-0.2, 0) is 9.59 Å². The summed E-state index contributed by atoms with van der Waals surface area (Å²) < 4.78 is 0. The number of anilines is 1. The van der Waals surface area contributed by atoms with Gasteiger partial charge in [0.15, 0.2) is 13.1 Å². The number of hydrogen-bond acceptors (Lipinski definition) is 2. The first kappa shape index (κ1) is 22.4. The van der Waals surface area contributed by atoms with E-state index >= 15 is 0 Å². The van der Waals surface area contributed by atoms with Crippen LogP contribution in [-0.4, -0.2) is 56.6 Å². The minimum atomic E-state index is -0.190. The molecular weight excluding hydrogens is 352 g/mol. The molecule has 1 aliphatic rings. The third kappa shape index (κ3) is 7.24. The van der Waals surface area contributed by atoms with Gasteiger partial charge in [0.25, 0.3) is 11.8 Å². The normalized spacial score (nSPS) is 20.4. The molecule has 1 aromatic rings. The smallest absolute Gasteiger partial charge is 0.279 e. The average molecular weight is 391 g/mol. The summed E-state index contributed by atoms with van der Waals surface area (Å²) in [6.45, 7) is 17.0. The Morgan fingerprint density at radius 1 is 0.893 bits per heavy atom. The molecule has 2 atom stereocenters. The van der Waals surface area contributed by atoms with E-state index in [0.29, 0.717) is 13.1 Å². The molecule has 0 spiro atoms. The molecule has 4 N–H and O–H groups in total. The number of aryl methyl sites for hydroxylation is 3. The van der Waals surface area contributed by atoms with E-state index in [1.54, 1.807) is 0 Å². The maximum atomic E-state index is 12.6. The van der Waals surface area contributed by atoms with Crippen molar-refractivity contribution in [3.63, 3.8) is 0 Å². The predicted octanol–water partition coefficient (Wildman–Crippen LogP) is -0.361. The monoisotopic (exact) mass is 390 g/mol. The summed E-state index contributed by atoms with van der Waals surface area (Å²) in [6.07, 6.45) is 1.03. The standard InChI is InChI=1S/C22H36N4O2/c1-16-12-17(2)21(18(3)13-16)23-19(27)14-25-8-7-9-26(11-10-25)15-20(28)24-22(4,5)6/h12-13H,7-11,14-15H2,1-6H3,(H,23,27)(H,24,28)/p+2. The molecule has 0 saturated carbocycles. The fourth-order valence-electron chi connectivity index (χ4n) is 4.02. The van der Waals surface area contributed by atoms with E-state index in [2.05, 4.69) is 29.7 Å². The Labute approximate surface area is 169 Å². The highest BCUT2D eigenvalue weighted by Crippen LogP contribution is 2.21. The lowest BCUT2D eigenvalue weighted by Crippen LogP contribution is -3.18. The second-order valence-electron chi connectivity index (χ2n) is 9.33. The molecule has 6 heteroatoms. The molecule has 0 aliphatic carbocycles. The first-order valence-corrected chi connectivity index (χ1v) is 10.4. The van der Waals surface area contributed by atoms with E-state index in [9.17, 15) is 9.59 Å². The molecule has 1 heterocycles. The van der Waals surface area contributed by atoms with Crippen molar-refractivity contribution in [3.05, 3.63) is 28.8 Å². The summed E-state index contributed by atoms with van der Waals surface area (Å²) >= 11 is 0. The summed E-state index contributed by atoms with van der Waals surface area (Å²) in [4.78, 5) is 27.4. The number of rotatable bonds is 5. The van der Waals surface area contributed by atoms with Crippen LogP contribution in [0.4, 0.5) is 5.69 Å². The van der Waals surface area contributed by atoms with Gasteiger partial charge in [-0.1, -0.05) is 17.7 Å². The highest BCUT2D eigenvalue weighted by Gasteiger charge is 2.25. The van der Waals surface area contributed by atoms with Crippen LogP contribution in [0.1, 0.15) is 43.9 Å². The average Bonchev–Trinajstić information content (AvgIpc) is 2.74. The van der Waals surface area contributed by atoms with Crippen molar-refractivity contribution in [1.29, 1.82) is 0 Å². The van der Waals surface area contributed by atoms with Crippen LogP contribution in [0, 0.1) is 20.8 Å². The Morgan fingerprint density at radius 3 is 1.89 bits per heavy atom. The van der Waals surface area contributed by atoms with Gasteiger partial charge in [-0.25, -0.2) is 0 Å². The van der Waals surface area contributed by atoms with E-state index in [1.165, 1.54) is 15.4 Å². The quantitative estimate of drug-likeness (QED) is 0.555. The number of nitrogens with one attached hydrogen (secondary N) is 4. The molecule has 28 heavy (non-hydrogen) atoms. The maximum absolute atomic E-state index is 12.6. The fraction of sp³-hybridized carbons (Fsp3) is 0.636. The van der Waals surface area contributed by atoms with Gasteiger partial charge < -0.3 is 20.4 Å². The molecule has 2 rings (SSSR count). The van der Waals surface area contributed by atoms with Gasteiger partial charge in [-0.15, -0.1) is 0 Å². The summed E-state index contributed by atoms with van der Waals surface area (Å²) in [5.74, 6) is 0.174. The molecule has 156 valence electrons. The first-order chi connectivity index (χ1) is 13.0. The van der Waals surface area contributed by atoms with Gasteiger partial charge in [-0.05, 0) is 52.7 Å². The maximum Gasteiger partial charge on any atom is 0.279 e. The molecule has 1 fully saturated rings. The van der Waals surface area contributed by atoms with Crippen molar-refractivity contribution in [3.8, 4) is 0 Å². The summed E-state index contributed by atoms with van der Waals surface area (Å²) in [5.41, 5.74) is 4.18. The van der Waals surface area contributed by atoms with E-state index in [0.717, 1.165) is 49.4 Å². The lowest BCUT2D eigenvalue weighted by atomic mass is 10.1. The molecule has 6 nitrogen and oxygen atoms in total. The molecule has 2 unspecified atom stereocenters. The molecule has 1 aliphatic heterocycles. The van der Waals surface area contributed by atoms with E-state index in [-0.39, 0.29) is 17.4 Å². The largest absolute Gasteiger partial charge is 0.347 e.